The maximum absolute atomic E-state index is 10.7. The van der Waals surface area contributed by atoms with Gasteiger partial charge < -0.3 is 14.1 Å². The average molecular weight is 801 g/mol. The van der Waals surface area contributed by atoms with E-state index in [0.29, 0.717) is 33.6 Å². The van der Waals surface area contributed by atoms with Crippen LogP contribution >= 0.6 is 0 Å². The fourth-order valence-electron chi connectivity index (χ4n) is 6.40. The van der Waals surface area contributed by atoms with Gasteiger partial charge in [-0.05, 0) is 29.3 Å². The van der Waals surface area contributed by atoms with E-state index in [1.165, 1.54) is 6.20 Å². The summed E-state index contributed by atoms with van der Waals surface area (Å²) in [5, 5.41) is 13.2. The van der Waals surface area contributed by atoms with Crippen LogP contribution in [0.25, 0.3) is 83.7 Å². The van der Waals surface area contributed by atoms with Gasteiger partial charge in [-0.25, -0.2) is 15.0 Å². The van der Waals surface area contributed by atoms with Crippen molar-refractivity contribution in [2.45, 2.75) is 0 Å². The number of hydrogen-bond acceptors (Lipinski definition) is 5. The molecular weight excluding hydrogens is 776 g/mol. The Morgan fingerprint density at radius 3 is 2.08 bits per heavy atom. The smallest absolute Gasteiger partial charge is 0.232 e. The number of aromatic nitrogens is 4. The van der Waals surface area contributed by atoms with E-state index in [1.54, 1.807) is 6.07 Å². The third-order valence-corrected chi connectivity index (χ3v) is 8.55. The Morgan fingerprint density at radius 1 is 0.646 bits per heavy atom. The zero-order chi connectivity index (χ0) is 31.3. The third kappa shape index (κ3) is 4.90. The number of rotatable bonds is 5. The standard InChI is InChI=1S/C41H25N4O2.Pt/c46-35-23-24-42-41-37(35)38-36(47-41)22-21-33(43-38)34-25-45(40(44-34)32-20-9-16-26-15-7-8-17-29(26)32)39-30(27-11-3-1-4-12-27)18-10-19-31(39)28-13-5-2-6-14-28;/h1-16,18-25H,(H,42,46);/q-1;. The molecule has 0 fully saturated rings. The van der Waals surface area contributed by atoms with Crippen LogP contribution in [0.4, 0.5) is 0 Å². The quantitative estimate of drug-likeness (QED) is 0.176. The van der Waals surface area contributed by atoms with E-state index in [4.69, 9.17) is 14.4 Å². The fourth-order valence-corrected chi connectivity index (χ4v) is 6.40. The van der Waals surface area contributed by atoms with Gasteiger partial charge in [0, 0.05) is 44.6 Å². The number of furan rings is 1. The number of fused-ring (bicyclic) bond motifs is 4. The van der Waals surface area contributed by atoms with Crippen molar-refractivity contribution in [2.24, 2.45) is 0 Å². The van der Waals surface area contributed by atoms with Gasteiger partial charge in [-0.15, -0.1) is 35.0 Å². The normalized spacial score (nSPS) is 11.2. The topological polar surface area (TPSA) is 77.0 Å². The van der Waals surface area contributed by atoms with E-state index in [0.717, 1.165) is 50.1 Å². The van der Waals surface area contributed by atoms with Crippen molar-refractivity contribution in [1.29, 1.82) is 0 Å². The average Bonchev–Trinajstić information content (AvgIpc) is 3.74. The number of aromatic hydroxyl groups is 1. The molecule has 48 heavy (non-hydrogen) atoms. The van der Waals surface area contributed by atoms with Crippen LogP contribution in [-0.4, -0.2) is 24.6 Å². The van der Waals surface area contributed by atoms with Crippen molar-refractivity contribution in [2.75, 3.05) is 0 Å². The summed E-state index contributed by atoms with van der Waals surface area (Å²) in [6, 6.07) is 48.3. The molecule has 0 aliphatic rings. The SMILES string of the molecule is Oc1ccnc2oc3ccc(-c4cn(-c5c(-c6ccccc6)cccc5-c5ccccc5)c(-c5cccc6ccc[c-]c56)n4)nc3c12.[Pt]. The van der Waals surface area contributed by atoms with Crippen LogP contribution in [0.3, 0.4) is 0 Å². The Balaban J connectivity index is 0.00000336. The van der Waals surface area contributed by atoms with Crippen LogP contribution in [0, 0.1) is 6.07 Å². The van der Waals surface area contributed by atoms with Gasteiger partial charge in [0.2, 0.25) is 5.71 Å². The Bertz CT molecular complexity index is 2530. The van der Waals surface area contributed by atoms with Crippen molar-refractivity contribution >= 4 is 33.0 Å². The summed E-state index contributed by atoms with van der Waals surface area (Å²) in [5.41, 5.74) is 9.03. The zero-order valence-electron chi connectivity index (χ0n) is 25.3. The summed E-state index contributed by atoms with van der Waals surface area (Å²) in [7, 11) is 0. The summed E-state index contributed by atoms with van der Waals surface area (Å²) in [6.45, 7) is 0. The summed E-state index contributed by atoms with van der Waals surface area (Å²) < 4.78 is 8.09. The molecule has 0 amide bonds. The number of imidazole rings is 1. The number of hydrogen-bond donors (Lipinski definition) is 1. The first kappa shape index (κ1) is 29.6. The Kier molecular flexibility index (Phi) is 7.43. The molecule has 0 saturated heterocycles. The van der Waals surface area contributed by atoms with E-state index in [-0.39, 0.29) is 26.8 Å². The summed E-state index contributed by atoms with van der Waals surface area (Å²) >= 11 is 0. The summed E-state index contributed by atoms with van der Waals surface area (Å²) in [5.74, 6) is 0.831. The van der Waals surface area contributed by atoms with Gasteiger partial charge in [0.1, 0.15) is 28.2 Å². The molecule has 0 atom stereocenters. The Labute approximate surface area is 290 Å². The minimum absolute atomic E-state index is 0. The van der Waals surface area contributed by atoms with Gasteiger partial charge in [-0.3, -0.25) is 0 Å². The first-order chi connectivity index (χ1) is 23.2. The molecule has 1 N–H and O–H groups in total. The molecule has 0 saturated carbocycles. The molecule has 0 bridgehead atoms. The molecule has 0 radical (unpaired) electrons. The number of nitrogens with zero attached hydrogens (tertiary/aromatic N) is 4. The first-order valence-electron chi connectivity index (χ1n) is 15.3. The van der Waals surface area contributed by atoms with Crippen LogP contribution in [0.5, 0.6) is 5.75 Å². The van der Waals surface area contributed by atoms with Gasteiger partial charge in [-0.2, -0.15) is 0 Å². The van der Waals surface area contributed by atoms with Gasteiger partial charge in [0.05, 0.1) is 11.4 Å². The molecule has 9 rings (SSSR count). The predicted molar refractivity (Wildman–Crippen MR) is 186 cm³/mol. The van der Waals surface area contributed by atoms with Crippen molar-refractivity contribution in [3.05, 3.63) is 152 Å². The van der Waals surface area contributed by atoms with Crippen LogP contribution in [0.2, 0.25) is 0 Å². The Morgan fingerprint density at radius 2 is 1.33 bits per heavy atom. The molecule has 0 unspecified atom stereocenters. The monoisotopic (exact) mass is 800 g/mol. The Hall–Kier alpha value is -5.84. The van der Waals surface area contributed by atoms with Gasteiger partial charge in [-0.1, -0.05) is 103 Å². The molecule has 0 aliphatic heterocycles. The number of benzene rings is 5. The van der Waals surface area contributed by atoms with Crippen molar-refractivity contribution in [3.63, 3.8) is 0 Å². The second-order valence-electron chi connectivity index (χ2n) is 11.3. The van der Waals surface area contributed by atoms with E-state index in [9.17, 15) is 5.11 Å². The van der Waals surface area contributed by atoms with E-state index in [2.05, 4.69) is 113 Å². The van der Waals surface area contributed by atoms with Crippen molar-refractivity contribution in [1.82, 2.24) is 19.5 Å². The molecule has 7 heteroatoms. The maximum atomic E-state index is 10.7. The third-order valence-electron chi connectivity index (χ3n) is 8.55. The number of para-hydroxylation sites is 1. The van der Waals surface area contributed by atoms with Crippen molar-refractivity contribution < 1.29 is 30.6 Å². The van der Waals surface area contributed by atoms with Gasteiger partial charge in [0.25, 0.3) is 0 Å². The largest absolute Gasteiger partial charge is 0.507 e. The van der Waals surface area contributed by atoms with Crippen LogP contribution in [0.15, 0.2) is 150 Å². The molecule has 4 heterocycles. The van der Waals surface area contributed by atoms with Gasteiger partial charge >= 0.3 is 0 Å². The van der Waals surface area contributed by atoms with Gasteiger partial charge in [0.15, 0.2) is 5.58 Å². The molecule has 4 aromatic heterocycles. The molecule has 0 aliphatic carbocycles. The second-order valence-corrected chi connectivity index (χ2v) is 11.3. The van der Waals surface area contributed by atoms with E-state index >= 15 is 0 Å². The van der Waals surface area contributed by atoms with Crippen LogP contribution < -0.4 is 0 Å². The molecule has 232 valence electrons. The summed E-state index contributed by atoms with van der Waals surface area (Å²) in [6.07, 6.45) is 3.57. The number of pyridine rings is 2. The summed E-state index contributed by atoms with van der Waals surface area (Å²) in [4.78, 5) is 14.6. The van der Waals surface area contributed by atoms with Crippen LogP contribution in [-0.2, 0) is 21.1 Å². The van der Waals surface area contributed by atoms with Crippen LogP contribution in [0.1, 0.15) is 0 Å². The second kappa shape index (κ2) is 12.1. The minimum atomic E-state index is 0. The molecule has 9 aromatic rings. The first-order valence-corrected chi connectivity index (χ1v) is 15.3. The molecular formula is C41H25N4O2Pt-. The van der Waals surface area contributed by atoms with E-state index in [1.807, 2.05) is 36.4 Å². The molecule has 6 nitrogen and oxygen atoms in total. The zero-order valence-corrected chi connectivity index (χ0v) is 27.6. The molecule has 5 aromatic carbocycles. The fraction of sp³-hybridized carbons (Fsp3) is 0. The van der Waals surface area contributed by atoms with Crippen molar-refractivity contribution in [3.8, 4) is 56.5 Å². The predicted octanol–water partition coefficient (Wildman–Crippen LogP) is 9.89. The maximum Gasteiger partial charge on any atom is 0.232 e. The van der Waals surface area contributed by atoms with E-state index < -0.39 is 0 Å². The molecule has 0 spiro atoms. The minimum Gasteiger partial charge on any atom is -0.507 e.